The number of piperazine rings is 1. The van der Waals surface area contributed by atoms with Crippen molar-refractivity contribution >= 4 is 23.6 Å². The second-order valence-corrected chi connectivity index (χ2v) is 10.4. The molecular weight excluding hydrogens is 462 g/mol. The lowest BCUT2D eigenvalue weighted by Crippen LogP contribution is -2.51. The molecule has 1 aliphatic rings. The average molecular weight is 494 g/mol. The Morgan fingerprint density at radius 3 is 2.34 bits per heavy atom. The summed E-state index contributed by atoms with van der Waals surface area (Å²) in [6.45, 7) is 12.9. The monoisotopic (exact) mass is 493 g/mol. The van der Waals surface area contributed by atoms with Gasteiger partial charge in [-0.15, -0.1) is 16.8 Å². The number of benzene rings is 1. The molecule has 1 fully saturated rings. The van der Waals surface area contributed by atoms with E-state index in [1.165, 1.54) is 23.6 Å². The van der Waals surface area contributed by atoms with E-state index in [0.717, 1.165) is 11.4 Å². The van der Waals surface area contributed by atoms with Crippen molar-refractivity contribution in [2.75, 3.05) is 31.9 Å². The molecule has 0 bridgehead atoms. The summed E-state index contributed by atoms with van der Waals surface area (Å²) < 4.78 is 7.18. The fraction of sp³-hybridized carbons (Fsp3) is 0.385. The standard InChI is InChI=1S/C26H31N5O3S/c1-5-12-31-23(19-8-10-20(11-9-19)26(2,3)4)27-28-25(31)35-18-22(32)29-13-15-30(16-14-29)24(33)21-7-6-17-34-21/h5-11,17H,1,12-16,18H2,2-4H3. The van der Waals surface area contributed by atoms with Gasteiger partial charge in [0.2, 0.25) is 5.91 Å². The molecule has 3 aromatic rings. The largest absolute Gasteiger partial charge is 0.459 e. The van der Waals surface area contributed by atoms with Crippen LogP contribution in [0, 0.1) is 0 Å². The molecular formula is C26H31N5O3S. The summed E-state index contributed by atoms with van der Waals surface area (Å²) in [6, 6.07) is 11.7. The van der Waals surface area contributed by atoms with Gasteiger partial charge in [-0.3, -0.25) is 14.2 Å². The Kier molecular flexibility index (Phi) is 7.45. The summed E-state index contributed by atoms with van der Waals surface area (Å²) in [6.07, 6.45) is 3.29. The first-order valence-corrected chi connectivity index (χ1v) is 12.6. The Labute approximate surface area is 210 Å². The maximum atomic E-state index is 12.9. The molecule has 0 spiro atoms. The van der Waals surface area contributed by atoms with E-state index >= 15 is 0 Å². The van der Waals surface area contributed by atoms with Gasteiger partial charge in [0.1, 0.15) is 0 Å². The fourth-order valence-electron chi connectivity index (χ4n) is 3.95. The first-order valence-electron chi connectivity index (χ1n) is 11.7. The van der Waals surface area contributed by atoms with E-state index in [1.807, 2.05) is 4.57 Å². The minimum Gasteiger partial charge on any atom is -0.459 e. The van der Waals surface area contributed by atoms with Crippen LogP contribution in [-0.2, 0) is 16.8 Å². The van der Waals surface area contributed by atoms with Gasteiger partial charge in [0, 0.05) is 38.3 Å². The molecule has 0 saturated carbocycles. The van der Waals surface area contributed by atoms with E-state index in [-0.39, 0.29) is 23.0 Å². The summed E-state index contributed by atoms with van der Waals surface area (Å²) in [5.41, 5.74) is 2.30. The molecule has 0 radical (unpaired) electrons. The number of nitrogens with zero attached hydrogens (tertiary/aromatic N) is 5. The van der Waals surface area contributed by atoms with Crippen LogP contribution < -0.4 is 0 Å². The number of thioether (sulfide) groups is 1. The molecule has 9 heteroatoms. The van der Waals surface area contributed by atoms with E-state index in [9.17, 15) is 9.59 Å². The summed E-state index contributed by atoms with van der Waals surface area (Å²) in [4.78, 5) is 28.8. The van der Waals surface area contributed by atoms with Crippen LogP contribution in [0.3, 0.4) is 0 Å². The van der Waals surface area contributed by atoms with Crippen molar-refractivity contribution in [2.24, 2.45) is 0 Å². The highest BCUT2D eigenvalue weighted by atomic mass is 32.2. The highest BCUT2D eigenvalue weighted by molar-refractivity contribution is 7.99. The number of amides is 2. The van der Waals surface area contributed by atoms with Crippen LogP contribution in [0.15, 0.2) is 64.9 Å². The van der Waals surface area contributed by atoms with E-state index < -0.39 is 0 Å². The van der Waals surface area contributed by atoms with Gasteiger partial charge in [0.05, 0.1) is 12.0 Å². The number of rotatable bonds is 7. The van der Waals surface area contributed by atoms with Crippen molar-refractivity contribution in [3.8, 4) is 11.4 Å². The quantitative estimate of drug-likeness (QED) is 0.364. The summed E-state index contributed by atoms with van der Waals surface area (Å²) in [5.74, 6) is 1.21. The molecule has 0 N–H and O–H groups in total. The van der Waals surface area contributed by atoms with Gasteiger partial charge in [0.25, 0.3) is 5.91 Å². The number of carbonyl (C=O) groups is 2. The first-order chi connectivity index (χ1) is 16.8. The molecule has 1 aliphatic heterocycles. The molecule has 0 atom stereocenters. The topological polar surface area (TPSA) is 84.5 Å². The summed E-state index contributed by atoms with van der Waals surface area (Å²) in [5, 5.41) is 9.45. The van der Waals surface area contributed by atoms with Gasteiger partial charge in [-0.2, -0.15) is 0 Å². The fourth-order valence-corrected chi connectivity index (χ4v) is 4.81. The third-order valence-corrected chi connectivity index (χ3v) is 6.97. The molecule has 2 aromatic heterocycles. The molecule has 3 heterocycles. The van der Waals surface area contributed by atoms with E-state index in [2.05, 4.69) is 61.8 Å². The summed E-state index contributed by atoms with van der Waals surface area (Å²) in [7, 11) is 0. The van der Waals surface area contributed by atoms with Crippen LogP contribution in [0.1, 0.15) is 36.9 Å². The van der Waals surface area contributed by atoms with Crippen LogP contribution in [0.2, 0.25) is 0 Å². The van der Waals surface area contributed by atoms with Gasteiger partial charge in [-0.1, -0.05) is 62.9 Å². The lowest BCUT2D eigenvalue weighted by Gasteiger charge is -2.34. The number of furan rings is 1. The van der Waals surface area contributed by atoms with Crippen LogP contribution in [0.4, 0.5) is 0 Å². The number of hydrogen-bond donors (Lipinski definition) is 0. The second-order valence-electron chi connectivity index (χ2n) is 9.47. The molecule has 0 aliphatic carbocycles. The smallest absolute Gasteiger partial charge is 0.289 e. The van der Waals surface area contributed by atoms with Crippen molar-refractivity contribution in [1.29, 1.82) is 0 Å². The van der Waals surface area contributed by atoms with Gasteiger partial charge in [0.15, 0.2) is 16.7 Å². The molecule has 0 unspecified atom stereocenters. The second kappa shape index (κ2) is 10.5. The van der Waals surface area contributed by atoms with Crippen molar-refractivity contribution in [2.45, 2.75) is 37.9 Å². The Morgan fingerprint density at radius 1 is 1.06 bits per heavy atom. The predicted molar refractivity (Wildman–Crippen MR) is 136 cm³/mol. The third-order valence-electron chi connectivity index (χ3n) is 6.01. The Hall–Kier alpha value is -3.33. The van der Waals surface area contributed by atoms with Gasteiger partial charge >= 0.3 is 0 Å². The zero-order valence-corrected chi connectivity index (χ0v) is 21.3. The highest BCUT2D eigenvalue weighted by Crippen LogP contribution is 2.28. The van der Waals surface area contributed by atoms with Gasteiger partial charge < -0.3 is 14.2 Å². The average Bonchev–Trinajstić information content (AvgIpc) is 3.53. The van der Waals surface area contributed by atoms with Crippen molar-refractivity contribution in [3.63, 3.8) is 0 Å². The van der Waals surface area contributed by atoms with Crippen LogP contribution in [-0.4, -0.2) is 68.3 Å². The lowest BCUT2D eigenvalue weighted by molar-refractivity contribution is -0.129. The zero-order chi connectivity index (χ0) is 25.0. The number of allylic oxidation sites excluding steroid dienone is 1. The van der Waals surface area contributed by atoms with Crippen LogP contribution >= 0.6 is 11.8 Å². The van der Waals surface area contributed by atoms with Crippen LogP contribution in [0.25, 0.3) is 11.4 Å². The molecule has 35 heavy (non-hydrogen) atoms. The number of carbonyl (C=O) groups excluding carboxylic acids is 2. The molecule has 184 valence electrons. The van der Waals surface area contributed by atoms with E-state index in [0.29, 0.717) is 43.6 Å². The molecule has 1 saturated heterocycles. The van der Waals surface area contributed by atoms with Crippen molar-refractivity contribution < 1.29 is 14.0 Å². The minimum absolute atomic E-state index is 0.0179. The molecule has 4 rings (SSSR count). The highest BCUT2D eigenvalue weighted by Gasteiger charge is 2.26. The third kappa shape index (κ3) is 5.67. The number of hydrogen-bond acceptors (Lipinski definition) is 6. The maximum absolute atomic E-state index is 12.9. The van der Waals surface area contributed by atoms with Gasteiger partial charge in [-0.05, 0) is 23.1 Å². The Bertz CT molecular complexity index is 1170. The molecule has 1 aromatic carbocycles. The van der Waals surface area contributed by atoms with Crippen molar-refractivity contribution in [3.05, 3.63) is 66.6 Å². The summed E-state index contributed by atoms with van der Waals surface area (Å²) >= 11 is 1.37. The molecule has 8 nitrogen and oxygen atoms in total. The Morgan fingerprint density at radius 2 is 1.74 bits per heavy atom. The molecule has 2 amide bonds. The van der Waals surface area contributed by atoms with E-state index in [1.54, 1.807) is 28.0 Å². The predicted octanol–water partition coefficient (Wildman–Crippen LogP) is 4.10. The Balaban J connectivity index is 1.37. The SMILES string of the molecule is C=CCn1c(SCC(=O)N2CCN(C(=O)c3ccco3)CC2)nnc1-c1ccc(C(C)(C)C)cc1. The first kappa shape index (κ1) is 24.8. The maximum Gasteiger partial charge on any atom is 0.289 e. The lowest BCUT2D eigenvalue weighted by atomic mass is 9.87. The normalized spacial score (nSPS) is 14.3. The minimum atomic E-state index is -0.142. The van der Waals surface area contributed by atoms with Gasteiger partial charge in [-0.25, -0.2) is 0 Å². The van der Waals surface area contributed by atoms with E-state index in [4.69, 9.17) is 4.42 Å². The van der Waals surface area contributed by atoms with Crippen LogP contribution in [0.5, 0.6) is 0 Å². The number of aromatic nitrogens is 3. The zero-order valence-electron chi connectivity index (χ0n) is 20.4. The van der Waals surface area contributed by atoms with Crippen molar-refractivity contribution in [1.82, 2.24) is 24.6 Å².